The summed E-state index contributed by atoms with van der Waals surface area (Å²) in [4.78, 5) is 5.42. The van der Waals surface area contributed by atoms with Crippen LogP contribution in [-0.4, -0.2) is 24.2 Å². The van der Waals surface area contributed by atoms with Gasteiger partial charge in [-0.25, -0.2) is 4.98 Å². The van der Waals surface area contributed by atoms with E-state index in [1.165, 1.54) is 4.90 Å². The lowest BCUT2D eigenvalue weighted by Gasteiger charge is -2.26. The number of aryl methyl sites for hydroxylation is 2. The largest absolute Gasteiger partial charge is 0.405 e. The molecule has 0 aliphatic carbocycles. The normalized spacial score (nSPS) is 11.7. The Balaban J connectivity index is 3.19. The third-order valence-electron chi connectivity index (χ3n) is 2.71. The predicted octanol–water partition coefficient (Wildman–Crippen LogP) is 2.55. The molecule has 0 unspecified atom stereocenters. The molecule has 0 bridgehead atoms. The van der Waals surface area contributed by atoms with Crippen molar-refractivity contribution in [2.75, 3.05) is 18.0 Å². The number of aromatic nitrogens is 1. The quantitative estimate of drug-likeness (QED) is 0.905. The Morgan fingerprint density at radius 1 is 1.33 bits per heavy atom. The van der Waals surface area contributed by atoms with Crippen LogP contribution in [0.5, 0.6) is 0 Å². The van der Waals surface area contributed by atoms with Crippen molar-refractivity contribution in [1.82, 2.24) is 4.98 Å². The monoisotopic (exact) mass is 261 g/mol. The van der Waals surface area contributed by atoms with Gasteiger partial charge < -0.3 is 10.6 Å². The summed E-state index contributed by atoms with van der Waals surface area (Å²) in [6.45, 7) is 4.68. The Hall–Kier alpha value is -1.30. The van der Waals surface area contributed by atoms with Crippen LogP contribution in [0.1, 0.15) is 23.7 Å². The number of hydrogen-bond acceptors (Lipinski definition) is 3. The van der Waals surface area contributed by atoms with Crippen molar-refractivity contribution in [3.63, 3.8) is 0 Å². The summed E-state index contributed by atoms with van der Waals surface area (Å²) in [6, 6.07) is 1.83. The maximum atomic E-state index is 12.5. The number of halogens is 3. The second kappa shape index (κ2) is 5.56. The van der Waals surface area contributed by atoms with Crippen LogP contribution in [-0.2, 0) is 6.54 Å². The second-order valence-corrected chi connectivity index (χ2v) is 4.22. The van der Waals surface area contributed by atoms with Crippen LogP contribution < -0.4 is 10.6 Å². The molecule has 3 nitrogen and oxygen atoms in total. The molecular weight excluding hydrogens is 243 g/mol. The fourth-order valence-corrected chi connectivity index (χ4v) is 1.91. The minimum absolute atomic E-state index is 0.183. The first kappa shape index (κ1) is 14.8. The van der Waals surface area contributed by atoms with E-state index in [1.807, 2.05) is 13.0 Å². The van der Waals surface area contributed by atoms with E-state index >= 15 is 0 Å². The molecule has 2 N–H and O–H groups in total. The van der Waals surface area contributed by atoms with Crippen LogP contribution in [0.3, 0.4) is 0 Å². The van der Waals surface area contributed by atoms with Crippen molar-refractivity contribution >= 4 is 5.82 Å². The van der Waals surface area contributed by atoms with Gasteiger partial charge in [-0.2, -0.15) is 13.2 Å². The minimum atomic E-state index is -4.25. The predicted molar refractivity (Wildman–Crippen MR) is 65.5 cm³/mol. The van der Waals surface area contributed by atoms with E-state index in [4.69, 9.17) is 5.73 Å². The zero-order chi connectivity index (χ0) is 13.9. The van der Waals surface area contributed by atoms with Gasteiger partial charge >= 0.3 is 6.18 Å². The summed E-state index contributed by atoms with van der Waals surface area (Å²) < 4.78 is 37.5. The maximum Gasteiger partial charge on any atom is 0.405 e. The van der Waals surface area contributed by atoms with E-state index < -0.39 is 12.7 Å². The Morgan fingerprint density at radius 2 is 1.94 bits per heavy atom. The van der Waals surface area contributed by atoms with Crippen LogP contribution >= 0.6 is 0 Å². The average Bonchev–Trinajstić information content (AvgIpc) is 2.23. The summed E-state index contributed by atoms with van der Waals surface area (Å²) in [7, 11) is 0. The SMILES string of the molecule is CCN(CC(F)(F)F)c1nc(C)cc(C)c1CN. The number of rotatable bonds is 4. The first-order valence-corrected chi connectivity index (χ1v) is 5.77. The van der Waals surface area contributed by atoms with Gasteiger partial charge in [0.05, 0.1) is 0 Å². The van der Waals surface area contributed by atoms with Crippen molar-refractivity contribution in [3.8, 4) is 0 Å². The molecule has 102 valence electrons. The first-order valence-electron chi connectivity index (χ1n) is 5.77. The molecule has 0 saturated heterocycles. The Kier molecular flexibility index (Phi) is 4.56. The van der Waals surface area contributed by atoms with Crippen molar-refractivity contribution < 1.29 is 13.2 Å². The van der Waals surface area contributed by atoms with Crippen LogP contribution in [0.4, 0.5) is 19.0 Å². The van der Waals surface area contributed by atoms with E-state index in [0.29, 0.717) is 17.1 Å². The van der Waals surface area contributed by atoms with Gasteiger partial charge in [0.15, 0.2) is 0 Å². The highest BCUT2D eigenvalue weighted by molar-refractivity contribution is 5.51. The molecule has 0 spiro atoms. The molecule has 0 atom stereocenters. The molecule has 0 aromatic carbocycles. The fraction of sp³-hybridized carbons (Fsp3) is 0.583. The van der Waals surface area contributed by atoms with Gasteiger partial charge in [-0.05, 0) is 32.4 Å². The van der Waals surface area contributed by atoms with Crippen molar-refractivity contribution in [3.05, 3.63) is 22.9 Å². The van der Waals surface area contributed by atoms with E-state index in [2.05, 4.69) is 4.98 Å². The lowest BCUT2D eigenvalue weighted by atomic mass is 10.1. The smallest absolute Gasteiger partial charge is 0.348 e. The molecule has 1 aromatic rings. The van der Waals surface area contributed by atoms with Gasteiger partial charge in [0, 0.05) is 24.3 Å². The lowest BCUT2D eigenvalue weighted by Crippen LogP contribution is -2.35. The average molecular weight is 261 g/mol. The Morgan fingerprint density at radius 3 is 2.39 bits per heavy atom. The minimum Gasteiger partial charge on any atom is -0.348 e. The van der Waals surface area contributed by atoms with E-state index in [0.717, 1.165) is 5.56 Å². The molecule has 1 rings (SSSR count). The molecular formula is C12H18F3N3. The highest BCUT2D eigenvalue weighted by Crippen LogP contribution is 2.25. The molecule has 0 aliphatic rings. The molecule has 0 fully saturated rings. The molecule has 6 heteroatoms. The van der Waals surface area contributed by atoms with Crippen LogP contribution in [0.25, 0.3) is 0 Å². The van der Waals surface area contributed by atoms with Crippen molar-refractivity contribution in [2.45, 2.75) is 33.5 Å². The molecule has 0 radical (unpaired) electrons. The van der Waals surface area contributed by atoms with Gasteiger partial charge in [-0.15, -0.1) is 0 Å². The third kappa shape index (κ3) is 3.60. The maximum absolute atomic E-state index is 12.5. The van der Waals surface area contributed by atoms with E-state index in [9.17, 15) is 13.2 Å². The van der Waals surface area contributed by atoms with Crippen LogP contribution in [0, 0.1) is 13.8 Å². The molecule has 0 aliphatic heterocycles. The number of nitrogens with two attached hydrogens (primary N) is 1. The van der Waals surface area contributed by atoms with Gasteiger partial charge in [-0.1, -0.05) is 0 Å². The van der Waals surface area contributed by atoms with Crippen molar-refractivity contribution in [2.24, 2.45) is 5.73 Å². The number of hydrogen-bond donors (Lipinski definition) is 1. The molecule has 0 saturated carbocycles. The van der Waals surface area contributed by atoms with Gasteiger partial charge in [0.2, 0.25) is 0 Å². The topological polar surface area (TPSA) is 42.2 Å². The summed E-state index contributed by atoms with van der Waals surface area (Å²) in [5, 5.41) is 0. The summed E-state index contributed by atoms with van der Waals surface area (Å²) in [5.41, 5.74) is 7.85. The number of anilines is 1. The third-order valence-corrected chi connectivity index (χ3v) is 2.71. The van der Waals surface area contributed by atoms with Gasteiger partial charge in [0.25, 0.3) is 0 Å². The van der Waals surface area contributed by atoms with Crippen LogP contribution in [0.2, 0.25) is 0 Å². The standard InChI is InChI=1S/C12H18F3N3/c1-4-18(7-12(13,14)15)11-10(6-16)8(2)5-9(3)17-11/h5H,4,6-7,16H2,1-3H3. The summed E-state index contributed by atoms with van der Waals surface area (Å²) in [5.74, 6) is 0.342. The lowest BCUT2D eigenvalue weighted by molar-refractivity contribution is -0.119. The highest BCUT2D eigenvalue weighted by atomic mass is 19.4. The number of pyridine rings is 1. The summed E-state index contributed by atoms with van der Waals surface area (Å²) in [6.07, 6.45) is -4.25. The highest BCUT2D eigenvalue weighted by Gasteiger charge is 2.31. The molecule has 18 heavy (non-hydrogen) atoms. The zero-order valence-electron chi connectivity index (χ0n) is 10.8. The molecule has 1 heterocycles. The zero-order valence-corrected chi connectivity index (χ0v) is 10.8. The Labute approximate surface area is 105 Å². The Bertz CT molecular complexity index is 416. The van der Waals surface area contributed by atoms with Gasteiger partial charge in [0.1, 0.15) is 12.4 Å². The van der Waals surface area contributed by atoms with Crippen molar-refractivity contribution in [1.29, 1.82) is 0 Å². The molecule has 1 aromatic heterocycles. The fourth-order valence-electron chi connectivity index (χ4n) is 1.91. The molecule has 0 amide bonds. The summed E-state index contributed by atoms with van der Waals surface area (Å²) >= 11 is 0. The van der Waals surface area contributed by atoms with E-state index in [-0.39, 0.29) is 13.1 Å². The van der Waals surface area contributed by atoms with E-state index in [1.54, 1.807) is 13.8 Å². The number of alkyl halides is 3. The van der Waals surface area contributed by atoms with Gasteiger partial charge in [-0.3, -0.25) is 0 Å². The van der Waals surface area contributed by atoms with Crippen LogP contribution in [0.15, 0.2) is 6.07 Å². The first-order chi connectivity index (χ1) is 8.28. The second-order valence-electron chi connectivity index (χ2n) is 4.22. The number of nitrogens with zero attached hydrogens (tertiary/aromatic N) is 2.